The first-order valence-electron chi connectivity index (χ1n) is 5.69. The second kappa shape index (κ2) is 6.61. The molecule has 0 atom stereocenters. The molecule has 6 heteroatoms. The first-order valence-corrected chi connectivity index (χ1v) is 5.69. The predicted octanol–water partition coefficient (Wildman–Crippen LogP) is 2.70. The molecule has 3 aromatic rings. The number of aromatic nitrogens is 3. The van der Waals surface area contributed by atoms with Gasteiger partial charge in [-0.3, -0.25) is 0 Å². The van der Waals surface area contributed by atoms with Gasteiger partial charge in [0.1, 0.15) is 5.82 Å². The lowest BCUT2D eigenvalue weighted by Crippen LogP contribution is -2.03. The van der Waals surface area contributed by atoms with Crippen molar-refractivity contribution in [2.75, 3.05) is 6.54 Å². The molecule has 0 amide bonds. The van der Waals surface area contributed by atoms with E-state index in [1.54, 1.807) is 0 Å². The summed E-state index contributed by atoms with van der Waals surface area (Å²) in [5.74, 6) is 0.951. The molecule has 0 saturated heterocycles. The number of hydrogen-bond acceptors (Lipinski definition) is 2. The molecular formula is C13H16Cl2N4. The van der Waals surface area contributed by atoms with Gasteiger partial charge in [-0.2, -0.15) is 0 Å². The molecule has 102 valence electrons. The van der Waals surface area contributed by atoms with Crippen LogP contribution in [-0.2, 0) is 6.42 Å². The van der Waals surface area contributed by atoms with Crippen molar-refractivity contribution in [3.63, 3.8) is 0 Å². The van der Waals surface area contributed by atoms with Crippen LogP contribution in [0, 0.1) is 0 Å². The summed E-state index contributed by atoms with van der Waals surface area (Å²) >= 11 is 0. The molecule has 19 heavy (non-hydrogen) atoms. The van der Waals surface area contributed by atoms with Crippen LogP contribution in [0.4, 0.5) is 0 Å². The number of benzene rings is 1. The average Bonchev–Trinajstić information content (AvgIpc) is 2.96. The highest BCUT2D eigenvalue weighted by molar-refractivity contribution is 5.85. The van der Waals surface area contributed by atoms with E-state index in [1.807, 2.05) is 30.6 Å². The van der Waals surface area contributed by atoms with E-state index in [2.05, 4.69) is 26.7 Å². The largest absolute Gasteiger partial charge is 0.342 e. The predicted molar refractivity (Wildman–Crippen MR) is 82.7 cm³/mol. The van der Waals surface area contributed by atoms with Gasteiger partial charge in [0.2, 0.25) is 0 Å². The molecule has 0 aliphatic rings. The summed E-state index contributed by atoms with van der Waals surface area (Å²) in [4.78, 5) is 7.77. The Labute approximate surface area is 123 Å². The van der Waals surface area contributed by atoms with Crippen molar-refractivity contribution in [2.24, 2.45) is 5.73 Å². The van der Waals surface area contributed by atoms with Crippen LogP contribution < -0.4 is 5.73 Å². The molecule has 0 spiro atoms. The molecule has 2 heterocycles. The normalized spacial score (nSPS) is 9.95. The van der Waals surface area contributed by atoms with Gasteiger partial charge in [-0.1, -0.05) is 0 Å². The maximum atomic E-state index is 5.53. The van der Waals surface area contributed by atoms with Crippen LogP contribution in [0.2, 0.25) is 0 Å². The van der Waals surface area contributed by atoms with Gasteiger partial charge in [-0.05, 0) is 36.9 Å². The first-order chi connectivity index (χ1) is 8.36. The van der Waals surface area contributed by atoms with E-state index >= 15 is 0 Å². The molecule has 0 radical (unpaired) electrons. The SMILES string of the molecule is Cl.Cl.NCCc1nc2ccc(-n3cccc3)cc2[nH]1. The van der Waals surface area contributed by atoms with Crippen molar-refractivity contribution in [3.05, 3.63) is 48.5 Å². The highest BCUT2D eigenvalue weighted by Crippen LogP contribution is 2.17. The van der Waals surface area contributed by atoms with Gasteiger partial charge in [0.25, 0.3) is 0 Å². The third kappa shape index (κ3) is 3.10. The zero-order chi connectivity index (χ0) is 11.7. The molecule has 1 aromatic carbocycles. The molecule has 0 fully saturated rings. The van der Waals surface area contributed by atoms with Crippen LogP contribution in [0.1, 0.15) is 5.82 Å². The lowest BCUT2D eigenvalue weighted by Gasteiger charge is -2.01. The van der Waals surface area contributed by atoms with Crippen molar-refractivity contribution >= 4 is 35.8 Å². The smallest absolute Gasteiger partial charge is 0.108 e. The minimum absolute atomic E-state index is 0. The van der Waals surface area contributed by atoms with Gasteiger partial charge in [-0.15, -0.1) is 24.8 Å². The van der Waals surface area contributed by atoms with E-state index < -0.39 is 0 Å². The summed E-state index contributed by atoms with van der Waals surface area (Å²) in [6.45, 7) is 0.615. The minimum Gasteiger partial charge on any atom is -0.342 e. The van der Waals surface area contributed by atoms with Gasteiger partial charge in [0.05, 0.1) is 11.0 Å². The van der Waals surface area contributed by atoms with Crippen LogP contribution >= 0.6 is 24.8 Å². The van der Waals surface area contributed by atoms with E-state index in [-0.39, 0.29) is 24.8 Å². The molecule has 3 N–H and O–H groups in total. The Hall–Kier alpha value is -1.49. The molecule has 2 aromatic heterocycles. The van der Waals surface area contributed by atoms with Crippen molar-refractivity contribution in [1.82, 2.24) is 14.5 Å². The summed E-state index contributed by atoms with van der Waals surface area (Å²) in [5.41, 5.74) is 8.70. The Bertz CT molecular complexity index is 631. The van der Waals surface area contributed by atoms with Crippen molar-refractivity contribution in [1.29, 1.82) is 0 Å². The van der Waals surface area contributed by atoms with E-state index in [1.165, 1.54) is 0 Å². The fourth-order valence-electron chi connectivity index (χ4n) is 1.97. The van der Waals surface area contributed by atoms with E-state index in [4.69, 9.17) is 5.73 Å². The molecule has 3 rings (SSSR count). The number of hydrogen-bond donors (Lipinski definition) is 2. The fraction of sp³-hybridized carbons (Fsp3) is 0.154. The number of nitrogens with one attached hydrogen (secondary N) is 1. The third-order valence-corrected chi connectivity index (χ3v) is 2.80. The van der Waals surface area contributed by atoms with E-state index in [0.29, 0.717) is 6.54 Å². The zero-order valence-electron chi connectivity index (χ0n) is 10.2. The molecule has 0 aliphatic heterocycles. The fourth-order valence-corrected chi connectivity index (χ4v) is 1.97. The number of rotatable bonds is 3. The minimum atomic E-state index is 0. The second-order valence-electron chi connectivity index (χ2n) is 4.01. The Kier molecular flexibility index (Phi) is 5.42. The average molecular weight is 299 g/mol. The Morgan fingerprint density at radius 1 is 1.16 bits per heavy atom. The van der Waals surface area contributed by atoms with Crippen molar-refractivity contribution in [3.8, 4) is 5.69 Å². The summed E-state index contributed by atoms with van der Waals surface area (Å²) in [6.07, 6.45) is 4.84. The Balaban J connectivity index is 0.000000902. The van der Waals surface area contributed by atoms with Gasteiger partial charge in [0.15, 0.2) is 0 Å². The number of halogens is 2. The number of aromatic amines is 1. The Morgan fingerprint density at radius 3 is 2.58 bits per heavy atom. The number of nitrogens with two attached hydrogens (primary N) is 1. The second-order valence-corrected chi connectivity index (χ2v) is 4.01. The quantitative estimate of drug-likeness (QED) is 0.781. The molecule has 4 nitrogen and oxygen atoms in total. The molecule has 0 saturated carbocycles. The van der Waals surface area contributed by atoms with Crippen LogP contribution in [0.5, 0.6) is 0 Å². The van der Waals surface area contributed by atoms with E-state index in [0.717, 1.165) is 29.0 Å². The summed E-state index contributed by atoms with van der Waals surface area (Å²) in [6, 6.07) is 10.2. The zero-order valence-corrected chi connectivity index (χ0v) is 11.9. The van der Waals surface area contributed by atoms with Crippen molar-refractivity contribution in [2.45, 2.75) is 6.42 Å². The molecular weight excluding hydrogens is 283 g/mol. The lowest BCUT2D eigenvalue weighted by atomic mass is 10.3. The molecule has 0 bridgehead atoms. The van der Waals surface area contributed by atoms with Gasteiger partial charge in [-0.25, -0.2) is 4.98 Å². The van der Waals surface area contributed by atoms with Crippen LogP contribution in [0.3, 0.4) is 0 Å². The van der Waals surface area contributed by atoms with Crippen molar-refractivity contribution < 1.29 is 0 Å². The highest BCUT2D eigenvalue weighted by Gasteiger charge is 2.03. The van der Waals surface area contributed by atoms with Gasteiger partial charge in [0, 0.05) is 24.5 Å². The summed E-state index contributed by atoms with van der Waals surface area (Å²) in [7, 11) is 0. The first kappa shape index (κ1) is 15.6. The van der Waals surface area contributed by atoms with Crippen LogP contribution in [0.15, 0.2) is 42.7 Å². The summed E-state index contributed by atoms with van der Waals surface area (Å²) in [5, 5.41) is 0. The number of fused-ring (bicyclic) bond motifs is 1. The maximum absolute atomic E-state index is 5.53. The number of imidazole rings is 1. The summed E-state index contributed by atoms with van der Waals surface area (Å²) < 4.78 is 2.07. The maximum Gasteiger partial charge on any atom is 0.108 e. The van der Waals surface area contributed by atoms with E-state index in [9.17, 15) is 0 Å². The number of H-pyrrole nitrogens is 1. The highest BCUT2D eigenvalue weighted by atomic mass is 35.5. The van der Waals surface area contributed by atoms with Gasteiger partial charge < -0.3 is 15.3 Å². The number of nitrogens with zero attached hydrogens (tertiary/aromatic N) is 2. The molecule has 0 aliphatic carbocycles. The monoisotopic (exact) mass is 298 g/mol. The Morgan fingerprint density at radius 2 is 1.89 bits per heavy atom. The standard InChI is InChI=1S/C13H14N4.2ClH/c14-6-5-13-15-11-4-3-10(9-12(11)16-13)17-7-1-2-8-17;;/h1-4,7-9H,5-6,14H2,(H,15,16);2*1H. The van der Waals surface area contributed by atoms with Crippen LogP contribution in [-0.4, -0.2) is 21.1 Å². The topological polar surface area (TPSA) is 59.6 Å². The third-order valence-electron chi connectivity index (χ3n) is 2.80. The van der Waals surface area contributed by atoms with Crippen LogP contribution in [0.25, 0.3) is 16.7 Å². The lowest BCUT2D eigenvalue weighted by molar-refractivity contribution is 0.900. The van der Waals surface area contributed by atoms with Gasteiger partial charge >= 0.3 is 0 Å². The molecule has 0 unspecified atom stereocenters.